The fourth-order valence-electron chi connectivity index (χ4n) is 4.75. The van der Waals surface area contributed by atoms with Crippen molar-refractivity contribution in [3.8, 4) is 28.8 Å². The largest absolute Gasteiger partial charge is 0.497 e. The first kappa shape index (κ1) is 26.4. The first-order chi connectivity index (χ1) is 19.3. The number of carbonyl (C=O) groups excluding carboxylic acids is 2. The van der Waals surface area contributed by atoms with Crippen LogP contribution in [0.15, 0.2) is 95.7 Å². The highest BCUT2D eigenvalue weighted by atomic mass is 16.5. The Morgan fingerprint density at radius 1 is 0.950 bits per heavy atom. The zero-order chi connectivity index (χ0) is 28.4. The third-order valence-corrected chi connectivity index (χ3v) is 7.04. The molecule has 0 spiro atoms. The molecule has 0 saturated carbocycles. The quantitative estimate of drug-likeness (QED) is 0.228. The number of methoxy groups -OCH3 is 1. The summed E-state index contributed by atoms with van der Waals surface area (Å²) in [6, 6.07) is 25.1. The minimum atomic E-state index is -0.589. The molecule has 1 aromatic heterocycles. The van der Waals surface area contributed by atoms with E-state index in [1.165, 1.54) is 0 Å². The van der Waals surface area contributed by atoms with Crippen LogP contribution < -0.4 is 4.74 Å². The van der Waals surface area contributed by atoms with Crippen molar-refractivity contribution in [1.82, 2.24) is 14.7 Å². The van der Waals surface area contributed by atoms with Gasteiger partial charge in [-0.2, -0.15) is 10.4 Å². The molecule has 0 saturated heterocycles. The fourth-order valence-corrected chi connectivity index (χ4v) is 4.75. The zero-order valence-electron chi connectivity index (χ0n) is 22.8. The van der Waals surface area contributed by atoms with Crippen LogP contribution in [0.1, 0.15) is 29.2 Å². The molecule has 0 bridgehead atoms. The monoisotopic (exact) mass is 528 g/mol. The fraction of sp³-hybridized carbons (Fsp3) is 0.152. The number of nitrogens with zero attached hydrogens (tertiary/aromatic N) is 4. The van der Waals surface area contributed by atoms with E-state index in [4.69, 9.17) is 9.84 Å². The Bertz CT molecular complexity index is 1720. The van der Waals surface area contributed by atoms with Gasteiger partial charge in [-0.3, -0.25) is 14.5 Å². The van der Waals surface area contributed by atoms with Gasteiger partial charge in [-0.1, -0.05) is 48.0 Å². The second-order valence-electron chi connectivity index (χ2n) is 9.75. The van der Waals surface area contributed by atoms with Gasteiger partial charge in [0.2, 0.25) is 0 Å². The van der Waals surface area contributed by atoms with Crippen LogP contribution in [-0.2, 0) is 16.1 Å². The van der Waals surface area contributed by atoms with Crippen LogP contribution in [0.3, 0.4) is 0 Å². The predicted octanol–water partition coefficient (Wildman–Crippen LogP) is 5.96. The third-order valence-electron chi connectivity index (χ3n) is 7.04. The van der Waals surface area contributed by atoms with E-state index in [-0.39, 0.29) is 17.7 Å². The molecule has 0 atom stereocenters. The van der Waals surface area contributed by atoms with Crippen molar-refractivity contribution in [2.45, 2.75) is 27.3 Å². The van der Waals surface area contributed by atoms with Crippen LogP contribution in [0.25, 0.3) is 23.0 Å². The number of rotatable bonds is 6. The van der Waals surface area contributed by atoms with Crippen LogP contribution in [-0.4, -0.2) is 33.6 Å². The molecular weight excluding hydrogens is 500 g/mol. The molecule has 7 heteroatoms. The summed E-state index contributed by atoms with van der Waals surface area (Å²) in [6.07, 6.45) is 3.59. The number of hydrogen-bond acceptors (Lipinski definition) is 5. The predicted molar refractivity (Wildman–Crippen MR) is 153 cm³/mol. The summed E-state index contributed by atoms with van der Waals surface area (Å²) in [6.45, 7) is 5.66. The highest BCUT2D eigenvalue weighted by Crippen LogP contribution is 2.34. The molecular formula is C33H28N4O3. The topological polar surface area (TPSA) is 88.2 Å². The molecule has 7 nitrogen and oxygen atoms in total. The van der Waals surface area contributed by atoms with E-state index in [9.17, 15) is 14.9 Å². The molecule has 0 unspecified atom stereocenters. The van der Waals surface area contributed by atoms with Crippen LogP contribution in [0.2, 0.25) is 0 Å². The van der Waals surface area contributed by atoms with Gasteiger partial charge in [0.1, 0.15) is 23.1 Å². The number of aryl methyl sites for hydroxylation is 2. The van der Waals surface area contributed by atoms with Gasteiger partial charge in [0.15, 0.2) is 0 Å². The van der Waals surface area contributed by atoms with Gasteiger partial charge < -0.3 is 4.74 Å². The van der Waals surface area contributed by atoms with E-state index >= 15 is 0 Å². The summed E-state index contributed by atoms with van der Waals surface area (Å²) >= 11 is 0. The minimum absolute atomic E-state index is 0.0457. The lowest BCUT2D eigenvalue weighted by Crippen LogP contribution is -2.42. The minimum Gasteiger partial charge on any atom is -0.497 e. The summed E-state index contributed by atoms with van der Waals surface area (Å²) in [5.41, 5.74) is 6.49. The van der Waals surface area contributed by atoms with E-state index in [0.29, 0.717) is 16.8 Å². The normalized spacial score (nSPS) is 14.6. The maximum atomic E-state index is 13.8. The van der Waals surface area contributed by atoms with Gasteiger partial charge in [-0.25, -0.2) is 4.68 Å². The average molecular weight is 529 g/mol. The molecule has 0 aliphatic carbocycles. The average Bonchev–Trinajstić information content (AvgIpc) is 3.38. The number of ether oxygens (including phenoxy) is 1. The number of benzene rings is 3. The SMILES string of the molecule is COc1ccc(-c2nn(-c3ccccc3)cc2/C=C2/C(=O)N(Cc3ccc(C)cc3)C(=O)C(C#N)=C2C)c(C)c1. The van der Waals surface area contributed by atoms with E-state index in [2.05, 4.69) is 0 Å². The molecule has 1 aliphatic heterocycles. The molecule has 4 aromatic rings. The van der Waals surface area contributed by atoms with E-state index in [1.54, 1.807) is 24.8 Å². The summed E-state index contributed by atoms with van der Waals surface area (Å²) in [4.78, 5) is 28.1. The Balaban J connectivity index is 1.66. The Hall–Kier alpha value is -5.22. The Morgan fingerprint density at radius 3 is 2.33 bits per heavy atom. The number of aromatic nitrogens is 2. The lowest BCUT2D eigenvalue weighted by atomic mass is 9.92. The molecule has 2 amide bonds. The first-order valence-electron chi connectivity index (χ1n) is 12.9. The van der Waals surface area contributed by atoms with Gasteiger partial charge in [0, 0.05) is 22.9 Å². The molecule has 40 heavy (non-hydrogen) atoms. The number of para-hydroxylation sites is 1. The van der Waals surface area contributed by atoms with Gasteiger partial charge in [0.05, 0.1) is 19.3 Å². The van der Waals surface area contributed by atoms with Crippen LogP contribution in [0.5, 0.6) is 5.75 Å². The standard InChI is InChI=1S/C33H28N4O3/c1-21-10-12-24(13-11-21)19-36-32(38)29(23(3)30(18-34)33(36)39)17-25-20-37(26-8-6-5-7-9-26)35-31(25)28-15-14-27(40-4)16-22(28)2/h5-17,20H,19H2,1-4H3/b29-17+. The van der Waals surface area contributed by atoms with E-state index in [0.717, 1.165) is 38.6 Å². The van der Waals surface area contributed by atoms with Gasteiger partial charge in [-0.15, -0.1) is 0 Å². The highest BCUT2D eigenvalue weighted by Gasteiger charge is 2.35. The van der Waals surface area contributed by atoms with Crippen LogP contribution in [0, 0.1) is 25.2 Å². The summed E-state index contributed by atoms with van der Waals surface area (Å²) in [7, 11) is 1.62. The third kappa shape index (κ3) is 4.95. The molecule has 0 fully saturated rings. The number of amides is 2. The van der Waals surface area contributed by atoms with Crippen molar-refractivity contribution >= 4 is 17.9 Å². The van der Waals surface area contributed by atoms with Crippen LogP contribution in [0.4, 0.5) is 0 Å². The maximum absolute atomic E-state index is 13.8. The second-order valence-corrected chi connectivity index (χ2v) is 9.75. The Labute approximate surface area is 233 Å². The number of carbonyl (C=O) groups is 2. The second kappa shape index (κ2) is 10.9. The highest BCUT2D eigenvalue weighted by molar-refractivity contribution is 6.19. The Kier molecular flexibility index (Phi) is 7.17. The van der Waals surface area contributed by atoms with Crippen molar-refractivity contribution < 1.29 is 14.3 Å². The van der Waals surface area contributed by atoms with Crippen LogP contribution >= 0.6 is 0 Å². The van der Waals surface area contributed by atoms with E-state index < -0.39 is 11.8 Å². The number of nitriles is 1. The number of imide groups is 1. The van der Waals surface area contributed by atoms with Gasteiger partial charge >= 0.3 is 0 Å². The summed E-state index contributed by atoms with van der Waals surface area (Å²) in [5.74, 6) is -0.310. The first-order valence-corrected chi connectivity index (χ1v) is 12.9. The lowest BCUT2D eigenvalue weighted by Gasteiger charge is -2.27. The van der Waals surface area contributed by atoms with Crippen molar-refractivity contribution in [3.05, 3.63) is 118 Å². The maximum Gasteiger partial charge on any atom is 0.271 e. The molecule has 198 valence electrons. The molecule has 2 heterocycles. The zero-order valence-corrected chi connectivity index (χ0v) is 22.8. The summed E-state index contributed by atoms with van der Waals surface area (Å²) < 4.78 is 7.15. The van der Waals surface area contributed by atoms with Crippen molar-refractivity contribution in [2.75, 3.05) is 7.11 Å². The van der Waals surface area contributed by atoms with Gasteiger partial charge in [0.25, 0.3) is 11.8 Å². The lowest BCUT2D eigenvalue weighted by molar-refractivity contribution is -0.141. The van der Waals surface area contributed by atoms with Gasteiger partial charge in [-0.05, 0) is 73.9 Å². The molecule has 3 aromatic carbocycles. The molecule has 0 N–H and O–H groups in total. The van der Waals surface area contributed by atoms with Crippen molar-refractivity contribution in [1.29, 1.82) is 5.26 Å². The van der Waals surface area contributed by atoms with Crippen molar-refractivity contribution in [2.24, 2.45) is 0 Å². The Morgan fingerprint density at radius 2 is 1.68 bits per heavy atom. The van der Waals surface area contributed by atoms with E-state index in [1.807, 2.05) is 98.9 Å². The molecule has 1 aliphatic rings. The van der Waals surface area contributed by atoms with Crippen molar-refractivity contribution in [3.63, 3.8) is 0 Å². The smallest absolute Gasteiger partial charge is 0.271 e. The summed E-state index contributed by atoms with van der Waals surface area (Å²) in [5, 5.41) is 14.8. The number of hydrogen-bond donors (Lipinski definition) is 0. The molecule has 0 radical (unpaired) electrons. The molecule has 5 rings (SSSR count).